The Hall–Kier alpha value is -2.32. The van der Waals surface area contributed by atoms with Gasteiger partial charge in [0, 0.05) is 18.2 Å². The van der Waals surface area contributed by atoms with Crippen LogP contribution in [0.25, 0.3) is 5.57 Å². The van der Waals surface area contributed by atoms with Crippen LogP contribution >= 0.6 is 23.6 Å². The van der Waals surface area contributed by atoms with Gasteiger partial charge in [-0.15, -0.1) is 11.3 Å². The SMILES string of the molecule is O=C(O)CCCCCn1c(O)c(C2=c3ccccc3=NC2=O)sc1=S. The molecule has 2 N–H and O–H groups in total. The number of thiazole rings is 1. The number of aromatic hydroxyl groups is 1. The van der Waals surface area contributed by atoms with Gasteiger partial charge in [0.1, 0.15) is 4.88 Å². The number of hydrogen-bond donors (Lipinski definition) is 2. The molecule has 0 atom stereocenters. The van der Waals surface area contributed by atoms with E-state index in [1.165, 1.54) is 11.3 Å². The van der Waals surface area contributed by atoms with E-state index in [1.54, 1.807) is 16.7 Å². The monoisotopic (exact) mass is 376 g/mol. The lowest BCUT2D eigenvalue weighted by molar-refractivity contribution is -0.137. The number of unbranched alkanes of at least 4 members (excludes halogenated alkanes) is 2. The number of fused-ring (bicyclic) bond motifs is 1. The molecule has 0 fully saturated rings. The molecule has 8 heteroatoms. The number of carboxylic acids is 1. The number of para-hydroxylation sites is 1. The lowest BCUT2D eigenvalue weighted by Gasteiger charge is -2.05. The van der Waals surface area contributed by atoms with Crippen molar-refractivity contribution in [1.29, 1.82) is 0 Å². The predicted molar refractivity (Wildman–Crippen MR) is 95.7 cm³/mol. The lowest BCUT2D eigenvalue weighted by Crippen LogP contribution is -2.22. The first kappa shape index (κ1) is 17.5. The van der Waals surface area contributed by atoms with E-state index in [0.717, 1.165) is 6.42 Å². The molecule has 2 aromatic rings. The Labute approximate surface area is 152 Å². The molecule has 1 aliphatic rings. The molecule has 0 saturated heterocycles. The van der Waals surface area contributed by atoms with Gasteiger partial charge in [0.15, 0.2) is 3.95 Å². The summed E-state index contributed by atoms with van der Waals surface area (Å²) in [6.07, 6.45) is 2.15. The maximum Gasteiger partial charge on any atom is 0.303 e. The van der Waals surface area contributed by atoms with Crippen LogP contribution in [-0.2, 0) is 16.1 Å². The smallest absolute Gasteiger partial charge is 0.303 e. The molecule has 25 heavy (non-hydrogen) atoms. The Morgan fingerprint density at radius 2 is 2.00 bits per heavy atom. The van der Waals surface area contributed by atoms with Crippen molar-refractivity contribution < 1.29 is 19.8 Å². The number of amides is 1. The Kier molecular flexibility index (Phi) is 5.10. The van der Waals surface area contributed by atoms with E-state index < -0.39 is 5.97 Å². The van der Waals surface area contributed by atoms with E-state index in [0.29, 0.717) is 44.4 Å². The van der Waals surface area contributed by atoms with Crippen LogP contribution in [0, 0.1) is 3.95 Å². The Morgan fingerprint density at radius 1 is 1.24 bits per heavy atom. The van der Waals surface area contributed by atoms with Gasteiger partial charge in [-0.1, -0.05) is 24.6 Å². The van der Waals surface area contributed by atoms with Crippen molar-refractivity contribution >= 4 is 41.0 Å². The van der Waals surface area contributed by atoms with Crippen molar-refractivity contribution in [3.8, 4) is 5.88 Å². The number of carbonyl (C=O) groups is 2. The molecule has 0 radical (unpaired) electrons. The summed E-state index contributed by atoms with van der Waals surface area (Å²) in [5.74, 6) is -1.21. The summed E-state index contributed by atoms with van der Waals surface area (Å²) in [5.41, 5.74) is 0.383. The highest BCUT2D eigenvalue weighted by Crippen LogP contribution is 2.32. The molecular formula is C17H16N2O4S2. The van der Waals surface area contributed by atoms with Crippen LogP contribution in [0.15, 0.2) is 29.3 Å². The van der Waals surface area contributed by atoms with Crippen molar-refractivity contribution in [2.24, 2.45) is 4.99 Å². The minimum absolute atomic E-state index is 0.0245. The fourth-order valence-electron chi connectivity index (χ4n) is 2.76. The van der Waals surface area contributed by atoms with Gasteiger partial charge in [-0.2, -0.15) is 0 Å². The second-order valence-corrected chi connectivity index (χ2v) is 7.33. The Morgan fingerprint density at radius 3 is 2.76 bits per heavy atom. The van der Waals surface area contributed by atoms with Crippen LogP contribution in [0.4, 0.5) is 0 Å². The summed E-state index contributed by atoms with van der Waals surface area (Å²) >= 11 is 6.51. The minimum Gasteiger partial charge on any atom is -0.493 e. The van der Waals surface area contributed by atoms with Gasteiger partial charge in [0.05, 0.1) is 10.9 Å². The molecule has 6 nitrogen and oxygen atoms in total. The standard InChI is InChI=1S/C17H16N2O4S2/c20-12(21)8-2-1-5-9-19-16(23)14(25-17(19)24)13-10-6-3-4-7-11(10)18-15(13)22/h3-4,6-7,23H,1-2,5,8-9H2,(H,20,21). The summed E-state index contributed by atoms with van der Waals surface area (Å²) in [6, 6.07) is 7.19. The number of hydrogen-bond acceptors (Lipinski definition) is 5. The van der Waals surface area contributed by atoms with Gasteiger partial charge in [-0.3, -0.25) is 14.2 Å². The first-order valence-corrected chi connectivity index (χ1v) is 9.08. The Balaban J connectivity index is 1.87. The molecule has 1 aliphatic heterocycles. The lowest BCUT2D eigenvalue weighted by atomic mass is 10.1. The maximum absolute atomic E-state index is 12.3. The van der Waals surface area contributed by atoms with Gasteiger partial charge in [-0.05, 0) is 31.1 Å². The van der Waals surface area contributed by atoms with Gasteiger partial charge >= 0.3 is 5.97 Å². The van der Waals surface area contributed by atoms with E-state index in [2.05, 4.69) is 4.99 Å². The largest absolute Gasteiger partial charge is 0.493 e. The summed E-state index contributed by atoms with van der Waals surface area (Å²) in [5, 5.41) is 20.5. The van der Waals surface area contributed by atoms with E-state index in [-0.39, 0.29) is 18.2 Å². The van der Waals surface area contributed by atoms with Crippen LogP contribution in [-0.4, -0.2) is 26.7 Å². The summed E-state index contributed by atoms with van der Waals surface area (Å²) in [7, 11) is 0. The number of carboxylic acid groups (broad SMARTS) is 1. The molecular weight excluding hydrogens is 360 g/mol. The number of carbonyl (C=O) groups excluding carboxylic acids is 1. The van der Waals surface area contributed by atoms with Crippen molar-refractivity contribution in [3.63, 3.8) is 0 Å². The zero-order chi connectivity index (χ0) is 18.0. The summed E-state index contributed by atoms with van der Waals surface area (Å²) < 4.78 is 2.08. The maximum atomic E-state index is 12.3. The van der Waals surface area contributed by atoms with Crippen LogP contribution in [0.1, 0.15) is 30.6 Å². The van der Waals surface area contributed by atoms with Crippen LogP contribution < -0.4 is 10.6 Å². The molecule has 1 amide bonds. The zero-order valence-corrected chi connectivity index (χ0v) is 14.9. The highest BCUT2D eigenvalue weighted by molar-refractivity contribution is 7.73. The van der Waals surface area contributed by atoms with E-state index in [4.69, 9.17) is 17.3 Å². The summed E-state index contributed by atoms with van der Waals surface area (Å²) in [4.78, 5) is 27.2. The fraction of sp³-hybridized carbons (Fsp3) is 0.294. The van der Waals surface area contributed by atoms with E-state index in [9.17, 15) is 14.7 Å². The molecule has 0 unspecified atom stereocenters. The van der Waals surface area contributed by atoms with Crippen LogP contribution in [0.3, 0.4) is 0 Å². The van der Waals surface area contributed by atoms with Crippen LogP contribution in [0.5, 0.6) is 5.88 Å². The second kappa shape index (κ2) is 7.28. The van der Waals surface area contributed by atoms with Gasteiger partial charge < -0.3 is 10.2 Å². The first-order valence-electron chi connectivity index (χ1n) is 7.86. The first-order chi connectivity index (χ1) is 12.0. The molecule has 130 valence electrons. The van der Waals surface area contributed by atoms with Gasteiger partial charge in [0.25, 0.3) is 5.91 Å². The minimum atomic E-state index is -0.809. The molecule has 0 bridgehead atoms. The van der Waals surface area contributed by atoms with Gasteiger partial charge in [0.2, 0.25) is 5.88 Å². The third-order valence-electron chi connectivity index (χ3n) is 3.98. The average molecular weight is 376 g/mol. The third-order valence-corrected chi connectivity index (χ3v) is 5.43. The predicted octanol–water partition coefficient (Wildman–Crippen LogP) is 1.99. The molecule has 0 aliphatic carbocycles. The average Bonchev–Trinajstić information content (AvgIpc) is 3.03. The van der Waals surface area contributed by atoms with Crippen molar-refractivity contribution in [1.82, 2.24) is 4.57 Å². The molecule has 2 heterocycles. The molecule has 0 spiro atoms. The molecule has 1 aromatic heterocycles. The van der Waals surface area contributed by atoms with Crippen molar-refractivity contribution in [3.05, 3.63) is 43.7 Å². The summed E-state index contributed by atoms with van der Waals surface area (Å²) in [6.45, 7) is 0.487. The number of benzene rings is 1. The quantitative estimate of drug-likeness (QED) is 0.570. The Bertz CT molecular complexity index is 1020. The number of nitrogens with zero attached hydrogens (tertiary/aromatic N) is 2. The van der Waals surface area contributed by atoms with E-state index >= 15 is 0 Å². The normalized spacial score (nSPS) is 13.0. The number of aromatic nitrogens is 1. The molecule has 1 aromatic carbocycles. The molecule has 3 rings (SSSR count). The fourth-order valence-corrected chi connectivity index (χ4v) is 4.15. The second-order valence-electron chi connectivity index (χ2n) is 5.69. The van der Waals surface area contributed by atoms with Gasteiger partial charge in [-0.25, -0.2) is 4.99 Å². The zero-order valence-electron chi connectivity index (χ0n) is 13.3. The highest BCUT2D eigenvalue weighted by Gasteiger charge is 2.24. The number of rotatable bonds is 7. The highest BCUT2D eigenvalue weighted by atomic mass is 32.1. The van der Waals surface area contributed by atoms with E-state index in [1.807, 2.05) is 12.1 Å². The topological polar surface area (TPSA) is 91.9 Å². The van der Waals surface area contributed by atoms with Crippen molar-refractivity contribution in [2.75, 3.05) is 0 Å². The molecule has 0 saturated carbocycles. The third kappa shape index (κ3) is 3.54. The van der Waals surface area contributed by atoms with Crippen LogP contribution in [0.2, 0.25) is 0 Å². The number of aliphatic carboxylic acids is 1. The van der Waals surface area contributed by atoms with Crippen molar-refractivity contribution in [2.45, 2.75) is 32.2 Å².